The molecule has 0 bridgehead atoms. The molecule has 0 spiro atoms. The zero-order valence-electron chi connectivity index (χ0n) is 8.70. The number of imidazole rings is 1. The molecule has 1 atom stereocenters. The van der Waals surface area contributed by atoms with Crippen molar-refractivity contribution in [3.8, 4) is 0 Å². The summed E-state index contributed by atoms with van der Waals surface area (Å²) in [5.74, 6) is 0.720. The van der Waals surface area contributed by atoms with Gasteiger partial charge < -0.3 is 15.4 Å². The standard InChI is InChI=1S/C11H15N3O/c1-2-8(7-15)12-11-13-9-5-3-4-6-10(9)14-11/h3-6,8,15H,2,7H2,1H3,(H2,12,13,14)/t8-/m0/s1. The minimum Gasteiger partial charge on any atom is -0.394 e. The van der Waals surface area contributed by atoms with Crippen LogP contribution in [0.3, 0.4) is 0 Å². The Morgan fingerprint density at radius 2 is 2.27 bits per heavy atom. The molecule has 0 aliphatic carbocycles. The zero-order chi connectivity index (χ0) is 10.7. The first kappa shape index (κ1) is 9.98. The normalized spacial score (nSPS) is 12.9. The summed E-state index contributed by atoms with van der Waals surface area (Å²) in [4.78, 5) is 7.53. The van der Waals surface area contributed by atoms with E-state index in [4.69, 9.17) is 5.11 Å². The van der Waals surface area contributed by atoms with Crippen LogP contribution in [0.25, 0.3) is 11.0 Å². The number of fused-ring (bicyclic) bond motifs is 1. The first-order valence-electron chi connectivity index (χ1n) is 5.15. The molecule has 80 valence electrons. The molecule has 0 aliphatic heterocycles. The van der Waals surface area contributed by atoms with Gasteiger partial charge in [-0.25, -0.2) is 4.98 Å². The van der Waals surface area contributed by atoms with Crippen molar-refractivity contribution < 1.29 is 5.11 Å². The van der Waals surface area contributed by atoms with Crippen LogP contribution in [0.2, 0.25) is 0 Å². The number of para-hydroxylation sites is 2. The van der Waals surface area contributed by atoms with Gasteiger partial charge in [-0.2, -0.15) is 0 Å². The quantitative estimate of drug-likeness (QED) is 0.712. The number of nitrogens with zero attached hydrogens (tertiary/aromatic N) is 1. The highest BCUT2D eigenvalue weighted by Crippen LogP contribution is 2.14. The van der Waals surface area contributed by atoms with Crippen LogP contribution >= 0.6 is 0 Å². The van der Waals surface area contributed by atoms with E-state index >= 15 is 0 Å². The van der Waals surface area contributed by atoms with Crippen molar-refractivity contribution >= 4 is 17.0 Å². The van der Waals surface area contributed by atoms with Crippen molar-refractivity contribution in [2.75, 3.05) is 11.9 Å². The summed E-state index contributed by atoms with van der Waals surface area (Å²) in [7, 11) is 0. The fourth-order valence-corrected chi connectivity index (χ4v) is 1.49. The summed E-state index contributed by atoms with van der Waals surface area (Å²) >= 11 is 0. The minimum absolute atomic E-state index is 0.0607. The Labute approximate surface area is 88.3 Å². The Balaban J connectivity index is 2.21. The second-order valence-electron chi connectivity index (χ2n) is 3.53. The van der Waals surface area contributed by atoms with Crippen molar-refractivity contribution in [2.24, 2.45) is 0 Å². The Bertz CT molecular complexity index is 401. The van der Waals surface area contributed by atoms with Gasteiger partial charge in [0.15, 0.2) is 0 Å². The lowest BCUT2D eigenvalue weighted by atomic mass is 10.2. The molecule has 1 aromatic heterocycles. The third-order valence-corrected chi connectivity index (χ3v) is 2.44. The molecule has 4 nitrogen and oxygen atoms in total. The maximum absolute atomic E-state index is 9.06. The Morgan fingerprint density at radius 3 is 2.93 bits per heavy atom. The first-order valence-corrected chi connectivity index (χ1v) is 5.15. The molecule has 0 amide bonds. The molecule has 1 heterocycles. The number of aromatic amines is 1. The van der Waals surface area contributed by atoms with Crippen molar-refractivity contribution in [1.29, 1.82) is 0 Å². The average Bonchev–Trinajstić information content (AvgIpc) is 2.68. The molecule has 3 N–H and O–H groups in total. The molecule has 4 heteroatoms. The summed E-state index contributed by atoms with van der Waals surface area (Å²) in [6.45, 7) is 2.14. The van der Waals surface area contributed by atoms with E-state index in [-0.39, 0.29) is 12.6 Å². The molecule has 0 aliphatic rings. The van der Waals surface area contributed by atoms with E-state index in [0.717, 1.165) is 23.4 Å². The van der Waals surface area contributed by atoms with Gasteiger partial charge in [0.2, 0.25) is 5.95 Å². The predicted octanol–water partition coefficient (Wildman–Crippen LogP) is 1.75. The van der Waals surface area contributed by atoms with E-state index in [1.807, 2.05) is 31.2 Å². The van der Waals surface area contributed by atoms with Crippen LogP contribution in [0.4, 0.5) is 5.95 Å². The molecule has 2 rings (SSSR count). The van der Waals surface area contributed by atoms with Crippen molar-refractivity contribution in [3.63, 3.8) is 0 Å². The second kappa shape index (κ2) is 4.31. The smallest absolute Gasteiger partial charge is 0.201 e. The summed E-state index contributed by atoms with van der Waals surface area (Å²) in [5.41, 5.74) is 1.94. The molecular formula is C11H15N3O. The van der Waals surface area contributed by atoms with Crippen LogP contribution in [0.5, 0.6) is 0 Å². The van der Waals surface area contributed by atoms with Gasteiger partial charge in [-0.05, 0) is 18.6 Å². The monoisotopic (exact) mass is 205 g/mol. The number of hydrogen-bond donors (Lipinski definition) is 3. The Kier molecular flexibility index (Phi) is 2.87. The molecular weight excluding hydrogens is 190 g/mol. The van der Waals surface area contributed by atoms with E-state index < -0.39 is 0 Å². The van der Waals surface area contributed by atoms with Gasteiger partial charge in [0.1, 0.15) is 0 Å². The summed E-state index contributed by atoms with van der Waals surface area (Å²) < 4.78 is 0. The molecule has 15 heavy (non-hydrogen) atoms. The molecule has 0 saturated heterocycles. The number of hydrogen-bond acceptors (Lipinski definition) is 3. The fraction of sp³-hybridized carbons (Fsp3) is 0.364. The number of aliphatic hydroxyl groups excluding tert-OH is 1. The highest BCUT2D eigenvalue weighted by Gasteiger charge is 2.07. The summed E-state index contributed by atoms with van der Waals surface area (Å²) in [6, 6.07) is 7.92. The number of anilines is 1. The zero-order valence-corrected chi connectivity index (χ0v) is 8.70. The number of aromatic nitrogens is 2. The highest BCUT2D eigenvalue weighted by atomic mass is 16.3. The van der Waals surface area contributed by atoms with Crippen LogP contribution in [0.1, 0.15) is 13.3 Å². The third-order valence-electron chi connectivity index (χ3n) is 2.44. The van der Waals surface area contributed by atoms with Gasteiger partial charge in [0.25, 0.3) is 0 Å². The first-order chi connectivity index (χ1) is 7.33. The Hall–Kier alpha value is -1.55. The van der Waals surface area contributed by atoms with Crippen molar-refractivity contribution in [1.82, 2.24) is 9.97 Å². The molecule has 0 radical (unpaired) electrons. The minimum atomic E-state index is 0.0607. The van der Waals surface area contributed by atoms with Gasteiger partial charge in [-0.3, -0.25) is 0 Å². The lowest BCUT2D eigenvalue weighted by Gasteiger charge is -2.12. The van der Waals surface area contributed by atoms with Gasteiger partial charge >= 0.3 is 0 Å². The number of benzene rings is 1. The molecule has 0 saturated carbocycles. The van der Waals surface area contributed by atoms with Crippen LogP contribution in [0, 0.1) is 0 Å². The largest absolute Gasteiger partial charge is 0.394 e. The van der Waals surface area contributed by atoms with Crippen LogP contribution < -0.4 is 5.32 Å². The van der Waals surface area contributed by atoms with E-state index in [2.05, 4.69) is 15.3 Å². The van der Waals surface area contributed by atoms with E-state index in [1.54, 1.807) is 0 Å². The lowest BCUT2D eigenvalue weighted by molar-refractivity contribution is 0.271. The summed E-state index contributed by atoms with van der Waals surface area (Å²) in [6.07, 6.45) is 0.869. The molecule has 2 aromatic rings. The average molecular weight is 205 g/mol. The number of H-pyrrole nitrogens is 1. The second-order valence-corrected chi connectivity index (χ2v) is 3.53. The van der Waals surface area contributed by atoms with Crippen LogP contribution in [0.15, 0.2) is 24.3 Å². The van der Waals surface area contributed by atoms with E-state index in [9.17, 15) is 0 Å². The molecule has 1 aromatic carbocycles. The number of nitrogens with one attached hydrogen (secondary N) is 2. The van der Waals surface area contributed by atoms with Gasteiger partial charge in [0, 0.05) is 0 Å². The van der Waals surface area contributed by atoms with Crippen molar-refractivity contribution in [2.45, 2.75) is 19.4 Å². The predicted molar refractivity (Wildman–Crippen MR) is 60.9 cm³/mol. The molecule has 0 unspecified atom stereocenters. The van der Waals surface area contributed by atoms with Crippen LogP contribution in [-0.2, 0) is 0 Å². The van der Waals surface area contributed by atoms with E-state index in [0.29, 0.717) is 0 Å². The van der Waals surface area contributed by atoms with Crippen molar-refractivity contribution in [3.05, 3.63) is 24.3 Å². The van der Waals surface area contributed by atoms with E-state index in [1.165, 1.54) is 0 Å². The number of aliphatic hydroxyl groups is 1. The van der Waals surface area contributed by atoms with Gasteiger partial charge in [-0.1, -0.05) is 19.1 Å². The van der Waals surface area contributed by atoms with Gasteiger partial charge in [0.05, 0.1) is 23.7 Å². The summed E-state index contributed by atoms with van der Waals surface area (Å²) in [5, 5.41) is 12.2. The Morgan fingerprint density at radius 1 is 1.47 bits per heavy atom. The SMILES string of the molecule is CC[C@@H](CO)Nc1nc2ccccc2[nH]1. The van der Waals surface area contributed by atoms with Gasteiger partial charge in [-0.15, -0.1) is 0 Å². The third kappa shape index (κ3) is 2.10. The molecule has 0 fully saturated rings. The maximum atomic E-state index is 9.06. The topological polar surface area (TPSA) is 60.9 Å². The number of rotatable bonds is 4. The highest BCUT2D eigenvalue weighted by molar-refractivity contribution is 5.77. The fourth-order valence-electron chi connectivity index (χ4n) is 1.49. The lowest BCUT2D eigenvalue weighted by Crippen LogP contribution is -2.23. The maximum Gasteiger partial charge on any atom is 0.201 e. The van der Waals surface area contributed by atoms with Crippen LogP contribution in [-0.4, -0.2) is 27.7 Å².